The number of nitrogens with zero attached hydrogens (tertiary/aromatic N) is 1. The number of aliphatic hydroxyl groups is 1. The van der Waals surface area contributed by atoms with Gasteiger partial charge in [0.15, 0.2) is 17.6 Å². The van der Waals surface area contributed by atoms with Gasteiger partial charge in [0.25, 0.3) is 0 Å². The van der Waals surface area contributed by atoms with Crippen molar-refractivity contribution in [3.63, 3.8) is 0 Å². The first kappa shape index (κ1) is 20.4. The summed E-state index contributed by atoms with van der Waals surface area (Å²) in [4.78, 5) is 26.9. The summed E-state index contributed by atoms with van der Waals surface area (Å²) in [7, 11) is 1.58. The standard InChI is InChI=1S/C21H27NO6/c1-26-16-5-2-4-15(14-16)7-8-17(23)19-20(24)18(28-21(19)25)6-3-9-22-10-12-27-13-11-22/h2,4-5,14,18,24H,3,6-13H2,1H3. The van der Waals surface area contributed by atoms with Crippen molar-refractivity contribution in [3.05, 3.63) is 41.2 Å². The van der Waals surface area contributed by atoms with Crippen LogP contribution in [0.2, 0.25) is 0 Å². The van der Waals surface area contributed by atoms with Crippen molar-refractivity contribution in [1.82, 2.24) is 4.90 Å². The normalized spacial score (nSPS) is 20.3. The maximum absolute atomic E-state index is 12.5. The molecule has 0 aromatic heterocycles. The van der Waals surface area contributed by atoms with E-state index in [0.717, 1.165) is 44.8 Å². The predicted molar refractivity (Wildman–Crippen MR) is 102 cm³/mol. The lowest BCUT2D eigenvalue weighted by Gasteiger charge is -2.26. The summed E-state index contributed by atoms with van der Waals surface area (Å²) in [5.74, 6) is -0.610. The molecular formula is C21H27NO6. The van der Waals surface area contributed by atoms with Gasteiger partial charge in [-0.3, -0.25) is 9.69 Å². The Kier molecular flexibility index (Phi) is 7.06. The van der Waals surface area contributed by atoms with Crippen LogP contribution in [0.4, 0.5) is 0 Å². The zero-order chi connectivity index (χ0) is 19.9. The van der Waals surface area contributed by atoms with Crippen molar-refractivity contribution in [2.24, 2.45) is 0 Å². The van der Waals surface area contributed by atoms with Gasteiger partial charge in [-0.25, -0.2) is 4.79 Å². The molecule has 1 aromatic rings. The Morgan fingerprint density at radius 1 is 1.32 bits per heavy atom. The lowest BCUT2D eigenvalue weighted by molar-refractivity contribution is -0.141. The number of benzene rings is 1. The predicted octanol–water partition coefficient (Wildman–Crippen LogP) is 2.05. The molecule has 0 radical (unpaired) electrons. The number of methoxy groups -OCH3 is 1. The molecule has 0 spiro atoms. The number of rotatable bonds is 9. The Hall–Kier alpha value is -2.38. The number of carbonyl (C=O) groups is 2. The summed E-state index contributed by atoms with van der Waals surface area (Å²) in [6.07, 6.45) is 1.14. The second kappa shape index (κ2) is 9.71. The SMILES string of the molecule is COc1cccc(CCC(=O)C2=C(O)C(CCCN3CCOCC3)OC2=O)c1. The van der Waals surface area contributed by atoms with Gasteiger partial charge >= 0.3 is 5.97 Å². The van der Waals surface area contributed by atoms with E-state index in [1.165, 1.54) is 0 Å². The van der Waals surface area contributed by atoms with Crippen LogP contribution >= 0.6 is 0 Å². The Labute approximate surface area is 164 Å². The highest BCUT2D eigenvalue weighted by Gasteiger charge is 2.37. The largest absolute Gasteiger partial charge is 0.507 e. The highest BCUT2D eigenvalue weighted by molar-refractivity contribution is 6.19. The molecule has 0 aliphatic carbocycles. The lowest BCUT2D eigenvalue weighted by Crippen LogP contribution is -2.37. The van der Waals surface area contributed by atoms with Crippen LogP contribution in [-0.4, -0.2) is 67.8 Å². The van der Waals surface area contributed by atoms with Crippen molar-refractivity contribution in [2.75, 3.05) is 40.0 Å². The molecule has 1 atom stereocenters. The van der Waals surface area contributed by atoms with Crippen LogP contribution in [0.25, 0.3) is 0 Å². The van der Waals surface area contributed by atoms with Crippen molar-refractivity contribution < 1.29 is 28.9 Å². The summed E-state index contributed by atoms with van der Waals surface area (Å²) < 4.78 is 15.7. The molecule has 1 unspecified atom stereocenters. The fourth-order valence-corrected chi connectivity index (χ4v) is 3.50. The molecule has 0 amide bonds. The summed E-state index contributed by atoms with van der Waals surface area (Å²) in [5, 5.41) is 10.4. The fraction of sp³-hybridized carbons (Fsp3) is 0.524. The van der Waals surface area contributed by atoms with Crippen molar-refractivity contribution >= 4 is 11.8 Å². The van der Waals surface area contributed by atoms with Crippen LogP contribution in [0.15, 0.2) is 35.6 Å². The minimum absolute atomic E-state index is 0.127. The quantitative estimate of drug-likeness (QED) is 0.511. The van der Waals surface area contributed by atoms with Gasteiger partial charge in [-0.15, -0.1) is 0 Å². The first-order valence-electron chi connectivity index (χ1n) is 9.69. The van der Waals surface area contributed by atoms with E-state index in [1.54, 1.807) is 7.11 Å². The number of ether oxygens (including phenoxy) is 3. The number of morpholine rings is 1. The van der Waals surface area contributed by atoms with Crippen LogP contribution < -0.4 is 4.74 Å². The van der Waals surface area contributed by atoms with Crippen LogP contribution in [0.5, 0.6) is 5.75 Å². The minimum atomic E-state index is -0.718. The van der Waals surface area contributed by atoms with Gasteiger partial charge in [0.2, 0.25) is 0 Å². The van der Waals surface area contributed by atoms with Crippen LogP contribution in [0, 0.1) is 0 Å². The highest BCUT2D eigenvalue weighted by Crippen LogP contribution is 2.26. The molecule has 2 aliphatic heterocycles. The van der Waals surface area contributed by atoms with E-state index >= 15 is 0 Å². The summed E-state index contributed by atoms with van der Waals surface area (Å²) in [6.45, 7) is 4.09. The topological polar surface area (TPSA) is 85.3 Å². The molecule has 0 bridgehead atoms. The van der Waals surface area contributed by atoms with Gasteiger partial charge in [0, 0.05) is 19.5 Å². The van der Waals surface area contributed by atoms with E-state index < -0.39 is 12.1 Å². The maximum atomic E-state index is 12.5. The molecule has 1 aromatic carbocycles. The molecule has 7 heteroatoms. The van der Waals surface area contributed by atoms with E-state index in [1.807, 2.05) is 24.3 Å². The highest BCUT2D eigenvalue weighted by atomic mass is 16.6. The Bertz CT molecular complexity index is 738. The van der Waals surface area contributed by atoms with Gasteiger partial charge in [0.1, 0.15) is 11.3 Å². The zero-order valence-electron chi connectivity index (χ0n) is 16.2. The number of esters is 1. The second-order valence-electron chi connectivity index (χ2n) is 7.03. The molecule has 1 saturated heterocycles. The van der Waals surface area contributed by atoms with Crippen molar-refractivity contribution in [2.45, 2.75) is 31.8 Å². The first-order chi connectivity index (χ1) is 13.6. The summed E-state index contributed by atoms with van der Waals surface area (Å²) in [6, 6.07) is 7.42. The van der Waals surface area contributed by atoms with Crippen molar-refractivity contribution in [1.29, 1.82) is 0 Å². The molecule has 2 aliphatic rings. The van der Waals surface area contributed by atoms with Crippen LogP contribution in [0.1, 0.15) is 24.8 Å². The third-order valence-electron chi connectivity index (χ3n) is 5.11. The third kappa shape index (κ3) is 5.11. The molecule has 28 heavy (non-hydrogen) atoms. The number of aryl methyl sites for hydroxylation is 1. The van der Waals surface area contributed by atoms with Gasteiger partial charge in [-0.1, -0.05) is 12.1 Å². The van der Waals surface area contributed by atoms with E-state index in [9.17, 15) is 14.7 Å². The minimum Gasteiger partial charge on any atom is -0.507 e. The second-order valence-corrected chi connectivity index (χ2v) is 7.03. The monoisotopic (exact) mass is 389 g/mol. The van der Waals surface area contributed by atoms with Gasteiger partial charge < -0.3 is 19.3 Å². The molecule has 2 heterocycles. The molecule has 1 fully saturated rings. The number of Topliss-reactive ketones (excluding diaryl/α,β-unsaturated/α-hetero) is 1. The molecule has 152 valence electrons. The van der Waals surface area contributed by atoms with Crippen LogP contribution in [-0.2, 0) is 25.5 Å². The molecular weight excluding hydrogens is 362 g/mol. The summed E-state index contributed by atoms with van der Waals surface area (Å²) in [5.41, 5.74) is 0.737. The van der Waals surface area contributed by atoms with Crippen molar-refractivity contribution in [3.8, 4) is 5.75 Å². The number of aliphatic hydroxyl groups excluding tert-OH is 1. The van der Waals surface area contributed by atoms with Gasteiger partial charge in [-0.2, -0.15) is 0 Å². The molecule has 1 N–H and O–H groups in total. The Morgan fingerprint density at radius 2 is 2.11 bits per heavy atom. The van der Waals surface area contributed by atoms with Gasteiger partial charge in [0.05, 0.1) is 20.3 Å². The number of carbonyl (C=O) groups excluding carboxylic acids is 2. The average Bonchev–Trinajstić information content (AvgIpc) is 3.00. The first-order valence-corrected chi connectivity index (χ1v) is 9.69. The summed E-state index contributed by atoms with van der Waals surface area (Å²) >= 11 is 0. The van der Waals surface area contributed by atoms with E-state index in [-0.39, 0.29) is 23.5 Å². The fourth-order valence-electron chi connectivity index (χ4n) is 3.50. The number of ketones is 1. The zero-order valence-corrected chi connectivity index (χ0v) is 16.2. The lowest BCUT2D eigenvalue weighted by atomic mass is 10.0. The Balaban J connectivity index is 1.52. The van der Waals surface area contributed by atoms with E-state index in [2.05, 4.69) is 4.90 Å². The van der Waals surface area contributed by atoms with Gasteiger partial charge in [-0.05, 0) is 43.5 Å². The smallest absolute Gasteiger partial charge is 0.346 e. The number of hydrogen-bond acceptors (Lipinski definition) is 7. The maximum Gasteiger partial charge on any atom is 0.346 e. The van der Waals surface area contributed by atoms with E-state index in [0.29, 0.717) is 18.6 Å². The number of cyclic esters (lactones) is 1. The third-order valence-corrected chi connectivity index (χ3v) is 5.11. The Morgan fingerprint density at radius 3 is 2.86 bits per heavy atom. The van der Waals surface area contributed by atoms with Crippen LogP contribution in [0.3, 0.4) is 0 Å². The molecule has 7 nitrogen and oxygen atoms in total. The molecule has 0 saturated carbocycles. The van der Waals surface area contributed by atoms with E-state index in [4.69, 9.17) is 14.2 Å². The number of hydrogen-bond donors (Lipinski definition) is 1. The average molecular weight is 389 g/mol. The molecule has 3 rings (SSSR count).